The van der Waals surface area contributed by atoms with Crippen molar-refractivity contribution >= 4 is 0 Å². The minimum Gasteiger partial charge on any atom is -0.313 e. The number of aryl methyl sites for hydroxylation is 1. The van der Waals surface area contributed by atoms with Crippen LogP contribution in [-0.4, -0.2) is 12.6 Å². The molecule has 1 N–H and O–H groups in total. The highest BCUT2D eigenvalue weighted by Crippen LogP contribution is 2.36. The molecule has 1 aromatic rings. The molecule has 1 saturated heterocycles. The van der Waals surface area contributed by atoms with Crippen molar-refractivity contribution in [1.29, 1.82) is 0 Å². The van der Waals surface area contributed by atoms with Crippen molar-refractivity contribution in [3.8, 4) is 0 Å². The van der Waals surface area contributed by atoms with Gasteiger partial charge >= 0.3 is 0 Å². The average molecular weight is 201 g/mol. The first-order valence-corrected chi connectivity index (χ1v) is 6.26. The molecular formula is C14H19N. The van der Waals surface area contributed by atoms with E-state index in [1.807, 2.05) is 0 Å². The van der Waals surface area contributed by atoms with Gasteiger partial charge in [0, 0.05) is 6.04 Å². The third kappa shape index (κ3) is 1.69. The standard InChI is InChI=1S/C14H19N/c1-2-7-12-11(5-1)6-3-8-13(12)14-9-4-10-15-14/h1-2,5,7,13-15H,3-4,6,8-10H2/t13-,14+/m0/s1. The molecule has 1 heteroatoms. The Morgan fingerprint density at radius 3 is 2.87 bits per heavy atom. The molecule has 0 saturated carbocycles. The average Bonchev–Trinajstić information content (AvgIpc) is 2.82. The number of fused-ring (bicyclic) bond motifs is 1. The molecule has 15 heavy (non-hydrogen) atoms. The number of benzene rings is 1. The predicted octanol–water partition coefficient (Wildman–Crippen LogP) is 2.86. The van der Waals surface area contributed by atoms with Crippen LogP contribution < -0.4 is 5.32 Å². The van der Waals surface area contributed by atoms with E-state index >= 15 is 0 Å². The van der Waals surface area contributed by atoms with E-state index in [0.29, 0.717) is 0 Å². The Hall–Kier alpha value is -0.820. The zero-order chi connectivity index (χ0) is 10.1. The summed E-state index contributed by atoms with van der Waals surface area (Å²) in [6.45, 7) is 1.23. The van der Waals surface area contributed by atoms with Crippen molar-refractivity contribution in [1.82, 2.24) is 5.32 Å². The van der Waals surface area contributed by atoms with E-state index in [4.69, 9.17) is 0 Å². The Labute approximate surface area is 91.9 Å². The Kier molecular flexibility index (Phi) is 2.49. The number of hydrogen-bond donors (Lipinski definition) is 1. The summed E-state index contributed by atoms with van der Waals surface area (Å²) in [7, 11) is 0. The first-order valence-electron chi connectivity index (χ1n) is 6.26. The lowest BCUT2D eigenvalue weighted by molar-refractivity contribution is 0.432. The molecule has 2 atom stereocenters. The molecule has 2 aliphatic rings. The van der Waals surface area contributed by atoms with Crippen LogP contribution in [0.4, 0.5) is 0 Å². The maximum absolute atomic E-state index is 3.67. The molecule has 0 amide bonds. The second-order valence-electron chi connectivity index (χ2n) is 4.90. The van der Waals surface area contributed by atoms with Gasteiger partial charge in [-0.25, -0.2) is 0 Å². The normalized spacial score (nSPS) is 30.1. The van der Waals surface area contributed by atoms with Gasteiger partial charge in [0.05, 0.1) is 0 Å². The molecule has 1 fully saturated rings. The van der Waals surface area contributed by atoms with Gasteiger partial charge in [0.15, 0.2) is 0 Å². The highest BCUT2D eigenvalue weighted by molar-refractivity contribution is 5.33. The molecule has 0 spiro atoms. The van der Waals surface area contributed by atoms with Crippen LogP contribution >= 0.6 is 0 Å². The molecule has 0 radical (unpaired) electrons. The van der Waals surface area contributed by atoms with E-state index in [1.54, 1.807) is 11.1 Å². The third-order valence-electron chi connectivity index (χ3n) is 4.00. The van der Waals surface area contributed by atoms with Gasteiger partial charge in [0.2, 0.25) is 0 Å². The molecule has 1 aromatic carbocycles. The second kappa shape index (κ2) is 3.97. The number of hydrogen-bond acceptors (Lipinski definition) is 1. The van der Waals surface area contributed by atoms with Gasteiger partial charge in [0.25, 0.3) is 0 Å². The van der Waals surface area contributed by atoms with Crippen LogP contribution in [0.15, 0.2) is 24.3 Å². The Morgan fingerprint density at radius 2 is 2.00 bits per heavy atom. The Morgan fingerprint density at radius 1 is 1.07 bits per heavy atom. The maximum atomic E-state index is 3.67. The summed E-state index contributed by atoms with van der Waals surface area (Å²) < 4.78 is 0. The van der Waals surface area contributed by atoms with Crippen LogP contribution in [0.2, 0.25) is 0 Å². The topological polar surface area (TPSA) is 12.0 Å². The molecule has 1 nitrogen and oxygen atoms in total. The predicted molar refractivity (Wildman–Crippen MR) is 63.1 cm³/mol. The summed E-state index contributed by atoms with van der Waals surface area (Å²) in [6.07, 6.45) is 6.79. The monoisotopic (exact) mass is 201 g/mol. The summed E-state index contributed by atoms with van der Waals surface area (Å²) in [4.78, 5) is 0. The van der Waals surface area contributed by atoms with Gasteiger partial charge < -0.3 is 5.32 Å². The molecule has 0 unspecified atom stereocenters. The van der Waals surface area contributed by atoms with Gasteiger partial charge in [-0.15, -0.1) is 0 Å². The van der Waals surface area contributed by atoms with Crippen LogP contribution in [0.5, 0.6) is 0 Å². The van der Waals surface area contributed by atoms with E-state index in [0.717, 1.165) is 12.0 Å². The van der Waals surface area contributed by atoms with Gasteiger partial charge in [-0.05, 0) is 55.7 Å². The molecule has 0 bridgehead atoms. The summed E-state index contributed by atoms with van der Waals surface area (Å²) in [5.41, 5.74) is 3.23. The molecule has 1 aliphatic carbocycles. The van der Waals surface area contributed by atoms with Gasteiger partial charge in [-0.3, -0.25) is 0 Å². The van der Waals surface area contributed by atoms with Gasteiger partial charge in [-0.1, -0.05) is 24.3 Å². The molecule has 1 heterocycles. The lowest BCUT2D eigenvalue weighted by Crippen LogP contribution is -2.31. The number of rotatable bonds is 1. The van der Waals surface area contributed by atoms with Crippen molar-refractivity contribution in [2.24, 2.45) is 0 Å². The first kappa shape index (κ1) is 9.41. The lowest BCUT2D eigenvalue weighted by atomic mass is 9.78. The second-order valence-corrected chi connectivity index (χ2v) is 4.90. The maximum Gasteiger partial charge on any atom is 0.0136 e. The summed E-state index contributed by atoms with van der Waals surface area (Å²) in [6, 6.07) is 9.80. The fraction of sp³-hybridized carbons (Fsp3) is 0.571. The van der Waals surface area contributed by atoms with Crippen molar-refractivity contribution < 1.29 is 0 Å². The molecular weight excluding hydrogens is 182 g/mol. The zero-order valence-corrected chi connectivity index (χ0v) is 9.21. The van der Waals surface area contributed by atoms with Crippen LogP contribution in [0.25, 0.3) is 0 Å². The highest BCUT2D eigenvalue weighted by Gasteiger charge is 2.29. The van der Waals surface area contributed by atoms with Crippen molar-refractivity contribution in [3.05, 3.63) is 35.4 Å². The van der Waals surface area contributed by atoms with Gasteiger partial charge in [0.1, 0.15) is 0 Å². The first-order chi connectivity index (χ1) is 7.45. The van der Waals surface area contributed by atoms with Crippen LogP contribution in [0.3, 0.4) is 0 Å². The summed E-state index contributed by atoms with van der Waals surface area (Å²) in [5.74, 6) is 0.789. The summed E-state index contributed by atoms with van der Waals surface area (Å²) >= 11 is 0. The van der Waals surface area contributed by atoms with E-state index < -0.39 is 0 Å². The van der Waals surface area contributed by atoms with Crippen molar-refractivity contribution in [3.63, 3.8) is 0 Å². The molecule has 0 aromatic heterocycles. The minimum atomic E-state index is 0.756. The Bertz CT molecular complexity index is 339. The fourth-order valence-corrected chi connectivity index (χ4v) is 3.26. The van der Waals surface area contributed by atoms with Crippen LogP contribution in [0.1, 0.15) is 42.7 Å². The fourth-order valence-electron chi connectivity index (χ4n) is 3.26. The molecule has 80 valence electrons. The number of nitrogens with one attached hydrogen (secondary N) is 1. The summed E-state index contributed by atoms with van der Waals surface area (Å²) in [5, 5.41) is 3.67. The van der Waals surface area contributed by atoms with Crippen LogP contribution in [0, 0.1) is 0 Å². The quantitative estimate of drug-likeness (QED) is 0.736. The molecule has 1 aliphatic heterocycles. The lowest BCUT2D eigenvalue weighted by Gasteiger charge is -2.30. The minimum absolute atomic E-state index is 0.756. The zero-order valence-electron chi connectivity index (χ0n) is 9.21. The largest absolute Gasteiger partial charge is 0.313 e. The third-order valence-corrected chi connectivity index (χ3v) is 4.00. The van der Waals surface area contributed by atoms with E-state index in [-0.39, 0.29) is 0 Å². The smallest absolute Gasteiger partial charge is 0.0136 e. The Balaban J connectivity index is 1.91. The SMILES string of the molecule is c1ccc2c(c1)CCC[C@@H]2[C@H]1CCCN1. The van der Waals surface area contributed by atoms with Crippen LogP contribution in [-0.2, 0) is 6.42 Å². The highest BCUT2D eigenvalue weighted by atomic mass is 14.9. The molecule has 3 rings (SSSR count). The van der Waals surface area contributed by atoms with Crippen molar-refractivity contribution in [2.45, 2.75) is 44.1 Å². The van der Waals surface area contributed by atoms with E-state index in [1.165, 1.54) is 38.6 Å². The van der Waals surface area contributed by atoms with Crippen molar-refractivity contribution in [2.75, 3.05) is 6.54 Å². The van der Waals surface area contributed by atoms with Gasteiger partial charge in [-0.2, -0.15) is 0 Å². The van der Waals surface area contributed by atoms with E-state index in [9.17, 15) is 0 Å². The van der Waals surface area contributed by atoms with E-state index in [2.05, 4.69) is 29.6 Å².